The van der Waals surface area contributed by atoms with Gasteiger partial charge in [0.05, 0.1) is 28.4 Å². The number of thioether (sulfide) groups is 1. The molecule has 0 bridgehead atoms. The number of carbonyl (C=O) groups excluding carboxylic acids is 2. The van der Waals surface area contributed by atoms with Gasteiger partial charge in [-0.1, -0.05) is 36.4 Å². The molecule has 4 rings (SSSR count). The highest BCUT2D eigenvalue weighted by Crippen LogP contribution is 2.29. The van der Waals surface area contributed by atoms with E-state index in [9.17, 15) is 9.59 Å². The number of nitrogens with zero attached hydrogens (tertiary/aromatic N) is 3. The lowest BCUT2D eigenvalue weighted by atomic mass is 10.2. The van der Waals surface area contributed by atoms with Crippen LogP contribution in [0.3, 0.4) is 0 Å². The SMILES string of the molecule is CSc1ccccc1NC(=O)CN(C)C(=O)c1cn(-c2ccccc2)nc1-c1cccs1. The minimum atomic E-state index is -0.260. The largest absolute Gasteiger partial charge is 0.332 e. The van der Waals surface area contributed by atoms with Crippen molar-refractivity contribution in [3.63, 3.8) is 0 Å². The zero-order chi connectivity index (χ0) is 22.5. The molecule has 162 valence electrons. The molecule has 0 saturated heterocycles. The number of hydrogen-bond donors (Lipinski definition) is 1. The van der Waals surface area contributed by atoms with Crippen LogP contribution in [0.4, 0.5) is 5.69 Å². The number of rotatable bonds is 7. The standard InChI is InChI=1S/C24H22N4O2S2/c1-27(16-22(29)25-19-11-6-7-12-20(19)31-2)24(30)18-15-28(17-9-4-3-5-10-17)26-23(18)21-13-8-14-32-21/h3-15H,16H2,1-2H3,(H,25,29). The van der Waals surface area contributed by atoms with Gasteiger partial charge in [-0.25, -0.2) is 4.68 Å². The summed E-state index contributed by atoms with van der Waals surface area (Å²) in [6, 6.07) is 21.1. The molecule has 0 spiro atoms. The van der Waals surface area contributed by atoms with E-state index in [2.05, 4.69) is 10.4 Å². The molecule has 0 aliphatic carbocycles. The fraction of sp³-hybridized carbons (Fsp3) is 0.125. The zero-order valence-electron chi connectivity index (χ0n) is 17.7. The highest BCUT2D eigenvalue weighted by Gasteiger charge is 2.23. The van der Waals surface area contributed by atoms with Crippen molar-refractivity contribution in [2.24, 2.45) is 0 Å². The molecule has 32 heavy (non-hydrogen) atoms. The highest BCUT2D eigenvalue weighted by molar-refractivity contribution is 7.98. The quantitative estimate of drug-likeness (QED) is 0.391. The van der Waals surface area contributed by atoms with Crippen LogP contribution < -0.4 is 5.32 Å². The van der Waals surface area contributed by atoms with E-state index in [1.807, 2.05) is 78.4 Å². The topological polar surface area (TPSA) is 67.2 Å². The summed E-state index contributed by atoms with van der Waals surface area (Å²) in [5.74, 6) is -0.514. The first-order chi connectivity index (χ1) is 15.6. The van der Waals surface area contributed by atoms with Crippen LogP contribution in [0.5, 0.6) is 0 Å². The van der Waals surface area contributed by atoms with E-state index in [0.29, 0.717) is 11.3 Å². The number of likely N-dealkylation sites (N-methyl/N-ethyl adjacent to an activating group) is 1. The number of carbonyl (C=O) groups is 2. The first-order valence-electron chi connectivity index (χ1n) is 9.94. The first-order valence-corrected chi connectivity index (χ1v) is 12.0. The molecular formula is C24H22N4O2S2. The van der Waals surface area contributed by atoms with Crippen LogP contribution in [0.1, 0.15) is 10.4 Å². The third-order valence-electron chi connectivity index (χ3n) is 4.83. The highest BCUT2D eigenvalue weighted by atomic mass is 32.2. The molecular weight excluding hydrogens is 440 g/mol. The molecule has 0 atom stereocenters. The fourth-order valence-corrected chi connectivity index (χ4v) is 4.55. The summed E-state index contributed by atoms with van der Waals surface area (Å²) in [7, 11) is 1.63. The van der Waals surface area contributed by atoms with Crippen LogP contribution in [-0.2, 0) is 4.79 Å². The lowest BCUT2D eigenvalue weighted by molar-refractivity contribution is -0.116. The molecule has 0 unspecified atom stereocenters. The Kier molecular flexibility index (Phi) is 6.72. The molecule has 4 aromatic rings. The van der Waals surface area contributed by atoms with Crippen LogP contribution in [0.15, 0.2) is 83.2 Å². The maximum atomic E-state index is 13.3. The predicted octanol–water partition coefficient (Wildman–Crippen LogP) is 5.03. The molecule has 2 aromatic heterocycles. The molecule has 0 saturated carbocycles. The van der Waals surface area contributed by atoms with Crippen molar-refractivity contribution < 1.29 is 9.59 Å². The van der Waals surface area contributed by atoms with Crippen molar-refractivity contribution in [2.75, 3.05) is 25.2 Å². The maximum absolute atomic E-state index is 13.3. The fourth-order valence-electron chi connectivity index (χ4n) is 3.27. The number of benzene rings is 2. The Morgan fingerprint density at radius 3 is 2.53 bits per heavy atom. The Morgan fingerprint density at radius 2 is 1.81 bits per heavy atom. The van der Waals surface area contributed by atoms with Gasteiger partial charge in [0.1, 0.15) is 5.69 Å². The summed E-state index contributed by atoms with van der Waals surface area (Å²) in [5.41, 5.74) is 2.66. The number of anilines is 1. The summed E-state index contributed by atoms with van der Waals surface area (Å²) >= 11 is 3.07. The number of aromatic nitrogens is 2. The number of thiophene rings is 1. The smallest absolute Gasteiger partial charge is 0.257 e. The second kappa shape index (κ2) is 9.84. The normalized spacial score (nSPS) is 10.7. The average Bonchev–Trinajstić information content (AvgIpc) is 3.49. The lowest BCUT2D eigenvalue weighted by Gasteiger charge is -2.17. The monoisotopic (exact) mass is 462 g/mol. The van der Waals surface area contributed by atoms with E-state index in [1.54, 1.807) is 29.7 Å². The summed E-state index contributed by atoms with van der Waals surface area (Å²) in [6.07, 6.45) is 3.68. The molecule has 0 fully saturated rings. The molecule has 0 aliphatic rings. The van der Waals surface area contributed by atoms with Gasteiger partial charge in [-0.3, -0.25) is 9.59 Å². The molecule has 1 N–H and O–H groups in total. The van der Waals surface area contributed by atoms with Crippen LogP contribution in [0, 0.1) is 0 Å². The Bertz CT molecular complexity index is 1220. The molecule has 2 heterocycles. The Hall–Kier alpha value is -3.36. The van der Waals surface area contributed by atoms with Crippen molar-refractivity contribution in [2.45, 2.75) is 4.90 Å². The van der Waals surface area contributed by atoms with Crippen molar-refractivity contribution >= 4 is 40.6 Å². The average molecular weight is 463 g/mol. The lowest BCUT2D eigenvalue weighted by Crippen LogP contribution is -2.35. The summed E-state index contributed by atoms with van der Waals surface area (Å²) < 4.78 is 1.70. The van der Waals surface area contributed by atoms with Crippen molar-refractivity contribution in [3.8, 4) is 16.3 Å². The number of hydrogen-bond acceptors (Lipinski definition) is 5. The van der Waals surface area contributed by atoms with Gasteiger partial charge in [0, 0.05) is 18.1 Å². The molecule has 8 heteroatoms. The zero-order valence-corrected chi connectivity index (χ0v) is 19.3. The van der Waals surface area contributed by atoms with E-state index in [1.165, 1.54) is 16.2 Å². The molecule has 6 nitrogen and oxygen atoms in total. The third kappa shape index (κ3) is 4.76. The van der Waals surface area contributed by atoms with Crippen molar-refractivity contribution in [1.82, 2.24) is 14.7 Å². The molecule has 2 amide bonds. The van der Waals surface area contributed by atoms with Gasteiger partial charge >= 0.3 is 0 Å². The second-order valence-electron chi connectivity index (χ2n) is 7.06. The minimum absolute atomic E-state index is 0.0675. The van der Waals surface area contributed by atoms with Gasteiger partial charge < -0.3 is 10.2 Å². The minimum Gasteiger partial charge on any atom is -0.332 e. The Morgan fingerprint density at radius 1 is 1.06 bits per heavy atom. The summed E-state index contributed by atoms with van der Waals surface area (Å²) in [4.78, 5) is 29.2. The number of amides is 2. The van der Waals surface area contributed by atoms with Crippen LogP contribution in [-0.4, -0.2) is 46.3 Å². The Balaban J connectivity index is 1.56. The maximum Gasteiger partial charge on any atom is 0.257 e. The molecule has 0 radical (unpaired) electrons. The van der Waals surface area contributed by atoms with Crippen molar-refractivity contribution in [3.05, 3.63) is 83.9 Å². The van der Waals surface area contributed by atoms with E-state index >= 15 is 0 Å². The summed E-state index contributed by atoms with van der Waals surface area (Å²) in [6.45, 7) is -0.0675. The Labute approximate surface area is 194 Å². The number of nitrogens with one attached hydrogen (secondary N) is 1. The summed E-state index contributed by atoms with van der Waals surface area (Å²) in [5, 5.41) is 9.52. The predicted molar refractivity (Wildman–Crippen MR) is 131 cm³/mol. The van der Waals surface area contributed by atoms with Gasteiger partial charge in [-0.2, -0.15) is 5.10 Å². The van der Waals surface area contributed by atoms with E-state index in [0.717, 1.165) is 21.1 Å². The van der Waals surface area contributed by atoms with Gasteiger partial charge in [-0.15, -0.1) is 23.1 Å². The van der Waals surface area contributed by atoms with Gasteiger partial charge in [-0.05, 0) is 42.0 Å². The second-order valence-corrected chi connectivity index (χ2v) is 8.85. The van der Waals surface area contributed by atoms with E-state index in [-0.39, 0.29) is 18.4 Å². The van der Waals surface area contributed by atoms with Crippen molar-refractivity contribution in [1.29, 1.82) is 0 Å². The first kappa shape index (κ1) is 21.9. The van der Waals surface area contributed by atoms with E-state index < -0.39 is 0 Å². The van der Waals surface area contributed by atoms with Crippen LogP contribution in [0.2, 0.25) is 0 Å². The van der Waals surface area contributed by atoms with Gasteiger partial charge in [0.25, 0.3) is 5.91 Å². The van der Waals surface area contributed by atoms with Crippen LogP contribution >= 0.6 is 23.1 Å². The third-order valence-corrected chi connectivity index (χ3v) is 6.50. The van der Waals surface area contributed by atoms with Gasteiger partial charge in [0.15, 0.2) is 0 Å². The van der Waals surface area contributed by atoms with Gasteiger partial charge in [0.2, 0.25) is 5.91 Å². The molecule has 0 aliphatic heterocycles. The van der Waals surface area contributed by atoms with Crippen LogP contribution in [0.25, 0.3) is 16.3 Å². The molecule has 2 aromatic carbocycles. The number of para-hydroxylation sites is 2. The van der Waals surface area contributed by atoms with E-state index in [4.69, 9.17) is 0 Å².